The third kappa shape index (κ3) is 16.6. The second-order valence-corrected chi connectivity index (χ2v) is 10.8. The normalized spacial score (nSPS) is 15.8. The monoisotopic (exact) mass is 462 g/mol. The highest BCUT2D eigenvalue weighted by molar-refractivity contribution is 4.97. The first-order chi connectivity index (χ1) is 16.3. The van der Waals surface area contributed by atoms with E-state index in [9.17, 15) is 0 Å². The molecule has 33 heavy (non-hydrogen) atoms. The van der Waals surface area contributed by atoms with Crippen molar-refractivity contribution in [2.45, 2.75) is 175 Å². The number of rotatable bonds is 25. The van der Waals surface area contributed by atoms with Crippen molar-refractivity contribution in [3.63, 3.8) is 0 Å². The number of hydrogen-bond donors (Lipinski definition) is 0. The molecule has 2 heteroatoms. The summed E-state index contributed by atoms with van der Waals surface area (Å²) < 4.78 is 0. The van der Waals surface area contributed by atoms with Crippen molar-refractivity contribution in [2.24, 2.45) is 0 Å². The van der Waals surface area contributed by atoms with Crippen LogP contribution in [0.15, 0.2) is 12.4 Å². The molecule has 2 nitrogen and oxygen atoms in total. The average molecular weight is 463 g/mol. The van der Waals surface area contributed by atoms with E-state index in [1.807, 2.05) is 0 Å². The Kier molecular flexibility index (Phi) is 21.3. The SMILES string of the molecule is CCCCCCCCCCCCCCCCN1C=CN(CCCCCC)C1CCCCCC. The van der Waals surface area contributed by atoms with Crippen molar-refractivity contribution in [1.29, 1.82) is 0 Å². The van der Waals surface area contributed by atoms with Crippen LogP contribution in [0.25, 0.3) is 0 Å². The molecule has 1 heterocycles. The fraction of sp³-hybridized carbons (Fsp3) is 0.935. The first kappa shape index (κ1) is 30.4. The van der Waals surface area contributed by atoms with Crippen molar-refractivity contribution in [2.75, 3.05) is 13.1 Å². The van der Waals surface area contributed by atoms with Gasteiger partial charge >= 0.3 is 0 Å². The molecule has 0 aliphatic carbocycles. The quantitative estimate of drug-likeness (QED) is 0.124. The molecule has 0 N–H and O–H groups in total. The lowest BCUT2D eigenvalue weighted by Gasteiger charge is -2.33. The van der Waals surface area contributed by atoms with Gasteiger partial charge in [-0.25, -0.2) is 0 Å². The van der Waals surface area contributed by atoms with Gasteiger partial charge in [0.15, 0.2) is 0 Å². The van der Waals surface area contributed by atoms with Gasteiger partial charge in [-0.15, -0.1) is 0 Å². The van der Waals surface area contributed by atoms with Crippen LogP contribution in [0.1, 0.15) is 168 Å². The lowest BCUT2D eigenvalue weighted by molar-refractivity contribution is 0.135. The van der Waals surface area contributed by atoms with Gasteiger partial charge in [-0.2, -0.15) is 0 Å². The van der Waals surface area contributed by atoms with Gasteiger partial charge in [-0.1, -0.05) is 143 Å². The van der Waals surface area contributed by atoms with Crippen LogP contribution >= 0.6 is 0 Å². The maximum absolute atomic E-state index is 2.67. The molecule has 0 saturated heterocycles. The van der Waals surface area contributed by atoms with E-state index >= 15 is 0 Å². The van der Waals surface area contributed by atoms with Gasteiger partial charge in [-0.3, -0.25) is 0 Å². The summed E-state index contributed by atoms with van der Waals surface area (Å²) in [4.78, 5) is 5.33. The van der Waals surface area contributed by atoms with Crippen LogP contribution in [0.5, 0.6) is 0 Å². The van der Waals surface area contributed by atoms with Crippen LogP contribution in [-0.2, 0) is 0 Å². The van der Waals surface area contributed by atoms with Crippen molar-refractivity contribution >= 4 is 0 Å². The molecule has 1 aliphatic heterocycles. The molecule has 0 fully saturated rings. The molecular weight excluding hydrogens is 400 g/mol. The van der Waals surface area contributed by atoms with Crippen LogP contribution in [0.4, 0.5) is 0 Å². The Balaban J connectivity index is 2.08. The van der Waals surface area contributed by atoms with Crippen LogP contribution in [0.2, 0.25) is 0 Å². The van der Waals surface area contributed by atoms with Crippen molar-refractivity contribution < 1.29 is 0 Å². The Morgan fingerprint density at radius 3 is 1.09 bits per heavy atom. The van der Waals surface area contributed by atoms with E-state index in [1.54, 1.807) is 0 Å². The molecule has 0 spiro atoms. The third-order valence-electron chi connectivity index (χ3n) is 7.57. The summed E-state index contributed by atoms with van der Waals surface area (Å²) in [6.45, 7) is 9.45. The van der Waals surface area contributed by atoms with E-state index in [4.69, 9.17) is 0 Å². The van der Waals surface area contributed by atoms with Gasteiger partial charge in [0.05, 0.1) is 0 Å². The smallest absolute Gasteiger partial charge is 0.101 e. The Morgan fingerprint density at radius 2 is 0.697 bits per heavy atom. The fourth-order valence-corrected chi connectivity index (χ4v) is 5.30. The van der Waals surface area contributed by atoms with Gasteiger partial charge in [-0.05, 0) is 25.7 Å². The summed E-state index contributed by atoms with van der Waals surface area (Å²) in [7, 11) is 0. The number of unbranched alkanes of at least 4 members (excludes halogenated alkanes) is 19. The largest absolute Gasteiger partial charge is 0.356 e. The van der Waals surface area contributed by atoms with E-state index in [2.05, 4.69) is 43.0 Å². The molecule has 0 saturated carbocycles. The second kappa shape index (κ2) is 23.1. The lowest BCUT2D eigenvalue weighted by atomic mass is 10.0. The van der Waals surface area contributed by atoms with Crippen LogP contribution in [0, 0.1) is 0 Å². The summed E-state index contributed by atoms with van der Waals surface area (Å²) in [6, 6.07) is 0. The molecule has 196 valence electrons. The van der Waals surface area contributed by atoms with E-state index in [0.717, 1.165) is 0 Å². The first-order valence-electron chi connectivity index (χ1n) is 15.5. The predicted octanol–water partition coefficient (Wildman–Crippen LogP) is 10.4. The van der Waals surface area contributed by atoms with E-state index < -0.39 is 0 Å². The second-order valence-electron chi connectivity index (χ2n) is 10.8. The third-order valence-corrected chi connectivity index (χ3v) is 7.57. The number of hydrogen-bond acceptors (Lipinski definition) is 2. The highest BCUT2D eigenvalue weighted by Gasteiger charge is 2.24. The summed E-state index contributed by atoms with van der Waals surface area (Å²) in [5, 5.41) is 0. The van der Waals surface area contributed by atoms with E-state index in [-0.39, 0.29) is 0 Å². The highest BCUT2D eigenvalue weighted by atomic mass is 15.4. The topological polar surface area (TPSA) is 6.48 Å². The fourth-order valence-electron chi connectivity index (χ4n) is 5.30. The van der Waals surface area contributed by atoms with Gasteiger partial charge in [0.2, 0.25) is 0 Å². The first-order valence-corrected chi connectivity index (χ1v) is 15.5. The molecule has 1 unspecified atom stereocenters. The molecular formula is C31H62N2. The van der Waals surface area contributed by atoms with E-state index in [1.165, 1.54) is 161 Å². The maximum Gasteiger partial charge on any atom is 0.101 e. The summed E-state index contributed by atoms with van der Waals surface area (Å²) in [5.74, 6) is 0. The zero-order valence-corrected chi connectivity index (χ0v) is 23.3. The summed E-state index contributed by atoms with van der Waals surface area (Å²) in [5.41, 5.74) is 0. The molecule has 0 aromatic heterocycles. The maximum atomic E-state index is 2.67. The van der Waals surface area contributed by atoms with E-state index in [0.29, 0.717) is 6.17 Å². The predicted molar refractivity (Wildman–Crippen MR) is 150 cm³/mol. The molecule has 1 rings (SSSR count). The van der Waals surface area contributed by atoms with Crippen LogP contribution in [0.3, 0.4) is 0 Å². The molecule has 1 aliphatic rings. The molecule has 0 bridgehead atoms. The summed E-state index contributed by atoms with van der Waals surface area (Å²) >= 11 is 0. The summed E-state index contributed by atoms with van der Waals surface area (Å²) in [6.07, 6.45) is 38.1. The Bertz CT molecular complexity index is 419. The van der Waals surface area contributed by atoms with Crippen molar-refractivity contribution in [3.05, 3.63) is 12.4 Å². The van der Waals surface area contributed by atoms with Gasteiger partial charge in [0.25, 0.3) is 0 Å². The Morgan fingerprint density at radius 1 is 0.394 bits per heavy atom. The van der Waals surface area contributed by atoms with Crippen LogP contribution in [-0.4, -0.2) is 29.1 Å². The van der Waals surface area contributed by atoms with Crippen molar-refractivity contribution in [1.82, 2.24) is 9.80 Å². The van der Waals surface area contributed by atoms with Gasteiger partial charge < -0.3 is 9.80 Å². The number of nitrogens with zero attached hydrogens (tertiary/aromatic N) is 2. The molecule has 0 aromatic rings. The van der Waals surface area contributed by atoms with Crippen LogP contribution < -0.4 is 0 Å². The standard InChI is InChI=1S/C31H62N2/c1-4-7-10-13-14-15-16-17-18-19-20-21-22-25-28-33-30-29-32(27-24-12-9-6-3)31(33)26-23-11-8-5-2/h29-31H,4-28H2,1-3H3. The highest BCUT2D eigenvalue weighted by Crippen LogP contribution is 2.23. The lowest BCUT2D eigenvalue weighted by Crippen LogP contribution is -2.39. The Hall–Kier alpha value is -0.660. The zero-order chi connectivity index (χ0) is 23.8. The minimum Gasteiger partial charge on any atom is -0.356 e. The zero-order valence-electron chi connectivity index (χ0n) is 23.3. The molecule has 1 atom stereocenters. The molecule has 0 radical (unpaired) electrons. The Labute approximate surface area is 210 Å². The molecule has 0 amide bonds. The molecule has 0 aromatic carbocycles. The minimum absolute atomic E-state index is 0.644. The average Bonchev–Trinajstić information content (AvgIpc) is 3.21. The van der Waals surface area contributed by atoms with Gasteiger partial charge in [0.1, 0.15) is 6.17 Å². The van der Waals surface area contributed by atoms with Gasteiger partial charge in [0, 0.05) is 25.5 Å². The minimum atomic E-state index is 0.644. The van der Waals surface area contributed by atoms with Crippen molar-refractivity contribution in [3.8, 4) is 0 Å².